The van der Waals surface area contributed by atoms with Gasteiger partial charge < -0.3 is 20.5 Å². The highest BCUT2D eigenvalue weighted by Gasteiger charge is 2.18. The molecule has 7 aromatic rings. The van der Waals surface area contributed by atoms with Crippen LogP contribution in [0.15, 0.2) is 150 Å². The van der Waals surface area contributed by atoms with E-state index in [9.17, 15) is 23.5 Å². The molecule has 0 radical (unpaired) electrons. The molecule has 0 saturated heterocycles. The number of phenols is 1. The van der Waals surface area contributed by atoms with Gasteiger partial charge in [0.05, 0.1) is 22.5 Å². The first-order chi connectivity index (χ1) is 31.0. The van der Waals surface area contributed by atoms with Gasteiger partial charge in [-0.3, -0.25) is 30.4 Å². The fraction of sp³-hybridized carbons (Fsp3) is 0.184. The van der Waals surface area contributed by atoms with Gasteiger partial charge >= 0.3 is 0 Å². The predicted octanol–water partition coefficient (Wildman–Crippen LogP) is 9.71. The Kier molecular flexibility index (Phi) is 14.9. The van der Waals surface area contributed by atoms with E-state index in [0.29, 0.717) is 46.4 Å². The number of H-pyrrole nitrogens is 2. The van der Waals surface area contributed by atoms with Crippen LogP contribution in [0.2, 0.25) is 0 Å². The molecule has 0 bridgehead atoms. The highest BCUT2D eigenvalue weighted by molar-refractivity contribution is 6.10. The number of nitrogens with zero attached hydrogens (tertiary/aromatic N) is 4. The van der Waals surface area contributed by atoms with Crippen LogP contribution in [-0.4, -0.2) is 60.3 Å². The summed E-state index contributed by atoms with van der Waals surface area (Å²) >= 11 is 0. The maximum Gasteiger partial charge on any atom is 0.257 e. The first kappa shape index (κ1) is 46.4. The quantitative estimate of drug-likeness (QED) is 0.0550. The highest BCUT2D eigenvalue weighted by Crippen LogP contribution is 2.31. The van der Waals surface area contributed by atoms with Crippen LogP contribution >= 0.6 is 0 Å². The number of amides is 2. The Bertz CT molecular complexity index is 2760. The highest BCUT2D eigenvalue weighted by atomic mass is 19.1. The van der Waals surface area contributed by atoms with Crippen molar-refractivity contribution in [1.82, 2.24) is 31.0 Å². The second-order valence-electron chi connectivity index (χ2n) is 16.6. The molecule has 2 heterocycles. The fourth-order valence-electron chi connectivity index (χ4n) is 5.95. The summed E-state index contributed by atoms with van der Waals surface area (Å²) in [6.07, 6.45) is 0. The number of nitrogens with one attached hydrogen (secondary N) is 6. The first-order valence-corrected chi connectivity index (χ1v) is 20.5. The van der Waals surface area contributed by atoms with Crippen molar-refractivity contribution in [2.75, 3.05) is 10.6 Å². The number of carbonyl (C=O) groups is 2. The van der Waals surface area contributed by atoms with Crippen LogP contribution in [0.5, 0.6) is 11.5 Å². The molecule has 2 aromatic heterocycles. The maximum atomic E-state index is 13.2. The van der Waals surface area contributed by atoms with Crippen LogP contribution in [0, 0.1) is 11.6 Å². The molecule has 65 heavy (non-hydrogen) atoms. The average Bonchev–Trinajstić information content (AvgIpc) is 3.93. The van der Waals surface area contributed by atoms with Gasteiger partial charge in [0, 0.05) is 34.4 Å². The Balaban J connectivity index is 0.000000221. The summed E-state index contributed by atoms with van der Waals surface area (Å²) in [5.74, 6) is 0.446. The third-order valence-electron chi connectivity index (χ3n) is 8.83. The number of hydrogen-bond donors (Lipinski definition) is 7. The number of benzene rings is 5. The number of anilines is 2. The van der Waals surface area contributed by atoms with Gasteiger partial charge in [0.15, 0.2) is 11.6 Å². The van der Waals surface area contributed by atoms with Gasteiger partial charge in [-0.15, -0.1) is 0 Å². The molecule has 0 spiro atoms. The number of guanidine groups is 2. The largest absolute Gasteiger partial charge is 0.507 e. The van der Waals surface area contributed by atoms with E-state index in [-0.39, 0.29) is 17.7 Å². The number of carbonyl (C=O) groups excluding carboxylic acids is 2. The summed E-state index contributed by atoms with van der Waals surface area (Å²) in [6.45, 7) is 11.8. The lowest BCUT2D eigenvalue weighted by atomic mass is 10.1. The van der Waals surface area contributed by atoms with Crippen LogP contribution in [0.3, 0.4) is 0 Å². The first-order valence-electron chi connectivity index (χ1n) is 20.5. The second kappa shape index (κ2) is 20.8. The molecule has 2 amide bonds. The minimum atomic E-state index is -0.477. The van der Waals surface area contributed by atoms with E-state index in [1.807, 2.05) is 102 Å². The summed E-state index contributed by atoms with van der Waals surface area (Å²) in [7, 11) is 0. The molecule has 7 N–H and O–H groups in total. The molecule has 0 aliphatic carbocycles. The molecule has 0 aliphatic rings. The molecule has 0 unspecified atom stereocenters. The maximum absolute atomic E-state index is 13.2. The van der Waals surface area contributed by atoms with Gasteiger partial charge in [-0.25, -0.2) is 18.8 Å². The molecule has 334 valence electrons. The number of hydrogen-bond acceptors (Lipinski definition) is 8. The van der Waals surface area contributed by atoms with Gasteiger partial charge in [0.1, 0.15) is 29.7 Å². The summed E-state index contributed by atoms with van der Waals surface area (Å²) in [4.78, 5) is 34.3. The zero-order valence-corrected chi connectivity index (χ0v) is 36.7. The number of halogens is 2. The summed E-state index contributed by atoms with van der Waals surface area (Å²) in [5.41, 5.74) is 3.51. The van der Waals surface area contributed by atoms with Gasteiger partial charge in [0.25, 0.3) is 11.8 Å². The van der Waals surface area contributed by atoms with Gasteiger partial charge in [-0.05, 0) is 120 Å². The topological polar surface area (TPSA) is 194 Å². The van der Waals surface area contributed by atoms with Crippen LogP contribution < -0.4 is 26.0 Å². The van der Waals surface area contributed by atoms with Crippen LogP contribution in [0.1, 0.15) is 67.8 Å². The third-order valence-corrected chi connectivity index (χ3v) is 8.83. The van der Waals surface area contributed by atoms with Gasteiger partial charge in [-0.1, -0.05) is 54.6 Å². The Hall–Kier alpha value is -8.14. The Morgan fingerprint density at radius 2 is 1.03 bits per heavy atom. The van der Waals surface area contributed by atoms with E-state index in [2.05, 4.69) is 51.6 Å². The molecular formula is C49H50F2N10O4. The Morgan fingerprint density at radius 3 is 1.51 bits per heavy atom. The van der Waals surface area contributed by atoms with E-state index in [1.54, 1.807) is 30.3 Å². The molecular weight excluding hydrogens is 831 g/mol. The zero-order valence-electron chi connectivity index (χ0n) is 36.7. The molecule has 0 fully saturated rings. The zero-order chi connectivity index (χ0) is 46.6. The van der Waals surface area contributed by atoms with Gasteiger partial charge in [0.2, 0.25) is 11.9 Å². The molecule has 5 aromatic carbocycles. The van der Waals surface area contributed by atoms with E-state index >= 15 is 0 Å². The number of aromatic amines is 2. The number of aliphatic imine (C=N–C) groups is 2. The van der Waals surface area contributed by atoms with E-state index < -0.39 is 34.5 Å². The minimum Gasteiger partial charge on any atom is -0.507 e. The molecule has 7 rings (SSSR count). The molecule has 16 heteroatoms. The third kappa shape index (κ3) is 14.2. The molecule has 0 saturated carbocycles. The summed E-state index contributed by atoms with van der Waals surface area (Å²) in [5, 5.41) is 35.9. The van der Waals surface area contributed by atoms with Crippen molar-refractivity contribution in [3.8, 4) is 34.0 Å². The number of aromatic nitrogens is 4. The number of phenolic OH excluding ortho intramolecular Hbond substituents is 1. The van der Waals surface area contributed by atoms with Crippen LogP contribution in [-0.2, 0) is 6.61 Å². The number of ether oxygens (including phenoxy) is 1. The summed E-state index contributed by atoms with van der Waals surface area (Å²) in [6, 6.07) is 38.5. The standard InChI is InChI=1S/C28H28FN5O2.C21H22FN5O2/c1-28(2,3)32-27(31-26(35)20-13-15-21(29)16-14-20)30-25-17-23(33-34-25)22-11-7-8-12-24(22)36-18-19-9-5-4-6-10-19;1-21(2,3)25-20(24-19(29)13-8-10-14(22)11-9-13)23-18-12-16(26-27-18)15-6-4-5-7-17(15)28/h4-17H,18H2,1-3H3,(H3,30,31,32,33,34,35);4-12,28H,1-3H3,(H3,23,24,25,26,27,29). The minimum absolute atomic E-state index is 0.121. The van der Waals surface area contributed by atoms with Gasteiger partial charge in [-0.2, -0.15) is 10.2 Å². The van der Waals surface area contributed by atoms with Crippen molar-refractivity contribution in [2.45, 2.75) is 59.2 Å². The van der Waals surface area contributed by atoms with E-state index in [1.165, 1.54) is 48.5 Å². The van der Waals surface area contributed by atoms with Crippen LogP contribution in [0.4, 0.5) is 20.4 Å². The summed E-state index contributed by atoms with van der Waals surface area (Å²) < 4.78 is 32.4. The van der Waals surface area contributed by atoms with Crippen molar-refractivity contribution in [3.63, 3.8) is 0 Å². The lowest BCUT2D eigenvalue weighted by Gasteiger charge is -2.17. The average molecular weight is 881 g/mol. The SMILES string of the molecule is CC(C)(C)N=C(NC(=O)c1ccc(F)cc1)Nc1cc(-c2ccccc2O)[nH]n1.CC(C)(C)N=C(NC(=O)c1ccc(F)cc1)Nc1cc(-c2ccccc2OCc2ccccc2)[nH]n1. The lowest BCUT2D eigenvalue weighted by Crippen LogP contribution is -2.38. The van der Waals surface area contributed by atoms with Crippen molar-refractivity contribution < 1.29 is 28.2 Å². The fourth-order valence-corrected chi connectivity index (χ4v) is 5.95. The van der Waals surface area contributed by atoms with Crippen LogP contribution in [0.25, 0.3) is 22.5 Å². The van der Waals surface area contributed by atoms with E-state index in [0.717, 1.165) is 16.8 Å². The monoisotopic (exact) mass is 880 g/mol. The Labute approximate surface area is 375 Å². The number of para-hydroxylation sites is 2. The molecule has 0 aliphatic heterocycles. The molecule has 0 atom stereocenters. The van der Waals surface area contributed by atoms with E-state index in [4.69, 9.17) is 4.74 Å². The number of aromatic hydroxyl groups is 1. The van der Waals surface area contributed by atoms with Crippen molar-refractivity contribution in [2.24, 2.45) is 9.98 Å². The normalized spacial score (nSPS) is 11.8. The van der Waals surface area contributed by atoms with Crippen molar-refractivity contribution in [3.05, 3.63) is 168 Å². The smallest absolute Gasteiger partial charge is 0.257 e. The number of rotatable bonds is 9. The van der Waals surface area contributed by atoms with Crippen molar-refractivity contribution >= 4 is 35.4 Å². The lowest BCUT2D eigenvalue weighted by molar-refractivity contribution is 0.0968. The molecule has 14 nitrogen and oxygen atoms in total. The second-order valence-corrected chi connectivity index (χ2v) is 16.6. The predicted molar refractivity (Wildman–Crippen MR) is 250 cm³/mol. The Morgan fingerprint density at radius 1 is 0.600 bits per heavy atom. The van der Waals surface area contributed by atoms with Crippen molar-refractivity contribution in [1.29, 1.82) is 0 Å².